The standard InChI is InChI=1S/C19H28N2O3.ClH/c20-18(14-9-11-23-12-10-14)19(22)21-13-15-5-1-4-8-17(15)24-16-6-2-3-7-16;/h1,4-5,8,14,16,18H,2-3,6-7,9-13,20H2,(H,21,22);1H. The van der Waals surface area contributed by atoms with Gasteiger partial charge in [0.2, 0.25) is 5.91 Å². The Hall–Kier alpha value is -1.30. The number of para-hydroxylation sites is 1. The average molecular weight is 369 g/mol. The van der Waals surface area contributed by atoms with Crippen LogP contribution in [0.15, 0.2) is 24.3 Å². The van der Waals surface area contributed by atoms with Gasteiger partial charge in [0.15, 0.2) is 0 Å². The topological polar surface area (TPSA) is 73.6 Å². The average Bonchev–Trinajstić information content (AvgIpc) is 3.14. The number of carbonyl (C=O) groups excluding carboxylic acids is 1. The van der Waals surface area contributed by atoms with Crippen molar-refractivity contribution in [2.24, 2.45) is 11.7 Å². The Morgan fingerprint density at radius 3 is 2.60 bits per heavy atom. The van der Waals surface area contributed by atoms with Crippen LogP contribution >= 0.6 is 12.4 Å². The molecule has 2 aliphatic rings. The number of halogens is 1. The Labute approximate surface area is 156 Å². The molecule has 3 N–H and O–H groups in total. The smallest absolute Gasteiger partial charge is 0.237 e. The highest BCUT2D eigenvalue weighted by Crippen LogP contribution is 2.26. The highest BCUT2D eigenvalue weighted by molar-refractivity contribution is 5.85. The first-order chi connectivity index (χ1) is 11.7. The van der Waals surface area contributed by atoms with Crippen LogP contribution in [0.3, 0.4) is 0 Å². The van der Waals surface area contributed by atoms with E-state index in [4.69, 9.17) is 15.2 Å². The largest absolute Gasteiger partial charge is 0.490 e. The molecule has 1 unspecified atom stereocenters. The lowest BCUT2D eigenvalue weighted by atomic mass is 9.92. The molecule has 0 radical (unpaired) electrons. The first-order valence-corrected chi connectivity index (χ1v) is 9.09. The number of benzene rings is 1. The second-order valence-corrected chi connectivity index (χ2v) is 6.83. The number of nitrogens with two attached hydrogens (primary N) is 1. The highest BCUT2D eigenvalue weighted by Gasteiger charge is 2.26. The molecule has 1 aromatic rings. The van der Waals surface area contributed by atoms with Crippen LogP contribution in [0, 0.1) is 5.92 Å². The molecule has 1 saturated heterocycles. The maximum absolute atomic E-state index is 12.4. The van der Waals surface area contributed by atoms with E-state index in [1.165, 1.54) is 12.8 Å². The number of amides is 1. The van der Waals surface area contributed by atoms with Crippen LogP contribution in [0.1, 0.15) is 44.1 Å². The van der Waals surface area contributed by atoms with E-state index in [1.807, 2.05) is 24.3 Å². The van der Waals surface area contributed by atoms with Crippen molar-refractivity contribution in [3.63, 3.8) is 0 Å². The van der Waals surface area contributed by atoms with Crippen LogP contribution in [0.4, 0.5) is 0 Å². The van der Waals surface area contributed by atoms with E-state index in [0.717, 1.165) is 37.0 Å². The van der Waals surface area contributed by atoms with Crippen molar-refractivity contribution in [1.82, 2.24) is 5.32 Å². The van der Waals surface area contributed by atoms with Crippen molar-refractivity contribution >= 4 is 18.3 Å². The zero-order valence-corrected chi connectivity index (χ0v) is 15.4. The molecule has 0 bridgehead atoms. The molecular formula is C19H29ClN2O3. The van der Waals surface area contributed by atoms with Crippen molar-refractivity contribution in [1.29, 1.82) is 0 Å². The van der Waals surface area contributed by atoms with Gasteiger partial charge in [-0.25, -0.2) is 0 Å². The molecule has 3 rings (SSSR count). The summed E-state index contributed by atoms with van der Waals surface area (Å²) in [6.45, 7) is 1.85. The highest BCUT2D eigenvalue weighted by atomic mass is 35.5. The van der Waals surface area contributed by atoms with Crippen molar-refractivity contribution < 1.29 is 14.3 Å². The van der Waals surface area contributed by atoms with Crippen molar-refractivity contribution in [3.8, 4) is 5.75 Å². The summed E-state index contributed by atoms with van der Waals surface area (Å²) >= 11 is 0. The van der Waals surface area contributed by atoms with E-state index in [0.29, 0.717) is 25.9 Å². The minimum atomic E-state index is -0.461. The molecule has 5 nitrogen and oxygen atoms in total. The van der Waals surface area contributed by atoms with Gasteiger partial charge < -0.3 is 20.5 Å². The van der Waals surface area contributed by atoms with Gasteiger partial charge in [0.25, 0.3) is 0 Å². The summed E-state index contributed by atoms with van der Waals surface area (Å²) in [6, 6.07) is 7.48. The first-order valence-electron chi connectivity index (χ1n) is 9.09. The quantitative estimate of drug-likeness (QED) is 0.809. The molecule has 140 valence electrons. The molecular weight excluding hydrogens is 340 g/mol. The van der Waals surface area contributed by atoms with Gasteiger partial charge in [-0.15, -0.1) is 12.4 Å². The molecule has 2 fully saturated rings. The van der Waals surface area contributed by atoms with Gasteiger partial charge in [0.05, 0.1) is 12.1 Å². The van der Waals surface area contributed by atoms with E-state index in [2.05, 4.69) is 5.32 Å². The lowest BCUT2D eigenvalue weighted by molar-refractivity contribution is -0.124. The number of ether oxygens (including phenoxy) is 2. The summed E-state index contributed by atoms with van der Waals surface area (Å²) in [5, 5.41) is 2.98. The number of nitrogens with one attached hydrogen (secondary N) is 1. The monoisotopic (exact) mass is 368 g/mol. The molecule has 1 aromatic carbocycles. The second kappa shape index (κ2) is 10.00. The van der Waals surface area contributed by atoms with E-state index in [9.17, 15) is 4.79 Å². The lowest BCUT2D eigenvalue weighted by Crippen LogP contribution is -2.46. The third kappa shape index (κ3) is 5.59. The Bertz CT molecular complexity index is 543. The zero-order valence-electron chi connectivity index (χ0n) is 14.6. The number of hydrogen-bond donors (Lipinski definition) is 2. The first kappa shape index (κ1) is 20.0. The van der Waals surface area contributed by atoms with Crippen LogP contribution in [0.2, 0.25) is 0 Å². The molecule has 0 aromatic heterocycles. The third-order valence-corrected chi connectivity index (χ3v) is 5.10. The van der Waals surface area contributed by atoms with E-state index in [-0.39, 0.29) is 24.2 Å². The molecule has 1 amide bonds. The molecule has 6 heteroatoms. The van der Waals surface area contributed by atoms with Crippen LogP contribution < -0.4 is 15.8 Å². The molecule has 1 saturated carbocycles. The summed E-state index contributed by atoms with van der Waals surface area (Å²) in [6.07, 6.45) is 6.75. The summed E-state index contributed by atoms with van der Waals surface area (Å²) in [7, 11) is 0. The lowest BCUT2D eigenvalue weighted by Gasteiger charge is -2.26. The fourth-order valence-corrected chi connectivity index (χ4v) is 3.54. The zero-order chi connectivity index (χ0) is 16.8. The fraction of sp³-hybridized carbons (Fsp3) is 0.632. The second-order valence-electron chi connectivity index (χ2n) is 6.83. The number of hydrogen-bond acceptors (Lipinski definition) is 4. The van der Waals surface area contributed by atoms with Crippen LogP contribution in [0.25, 0.3) is 0 Å². The molecule has 1 aliphatic carbocycles. The van der Waals surface area contributed by atoms with E-state index in [1.54, 1.807) is 0 Å². The number of rotatable bonds is 6. The predicted octanol–water partition coefficient (Wildman–Crippen LogP) is 2.80. The Kier molecular flexibility index (Phi) is 8.00. The molecule has 1 aliphatic heterocycles. The van der Waals surface area contributed by atoms with Crippen molar-refractivity contribution in [3.05, 3.63) is 29.8 Å². The van der Waals surface area contributed by atoms with Crippen molar-refractivity contribution in [2.75, 3.05) is 13.2 Å². The fourth-order valence-electron chi connectivity index (χ4n) is 3.54. The van der Waals surface area contributed by atoms with Gasteiger partial charge in [-0.2, -0.15) is 0 Å². The van der Waals surface area contributed by atoms with E-state index >= 15 is 0 Å². The van der Waals surface area contributed by atoms with E-state index < -0.39 is 6.04 Å². The summed E-state index contributed by atoms with van der Waals surface area (Å²) < 4.78 is 11.5. The van der Waals surface area contributed by atoms with Gasteiger partial charge in [0, 0.05) is 25.3 Å². The minimum absolute atomic E-state index is 0. The maximum Gasteiger partial charge on any atom is 0.237 e. The maximum atomic E-state index is 12.4. The van der Waals surface area contributed by atoms with Crippen LogP contribution in [-0.2, 0) is 16.1 Å². The molecule has 1 heterocycles. The molecule has 1 atom stereocenters. The molecule has 25 heavy (non-hydrogen) atoms. The SMILES string of the molecule is Cl.NC(C(=O)NCc1ccccc1OC1CCCC1)C1CCOCC1. The van der Waals surface area contributed by atoms with Gasteiger partial charge >= 0.3 is 0 Å². The summed E-state index contributed by atoms with van der Waals surface area (Å²) in [4.78, 5) is 12.4. The normalized spacial score (nSPS) is 19.9. The van der Waals surface area contributed by atoms with Gasteiger partial charge in [-0.3, -0.25) is 4.79 Å². The van der Waals surface area contributed by atoms with Gasteiger partial charge in [0.1, 0.15) is 5.75 Å². The van der Waals surface area contributed by atoms with Gasteiger partial charge in [-0.1, -0.05) is 18.2 Å². The van der Waals surface area contributed by atoms with Crippen molar-refractivity contribution in [2.45, 2.75) is 57.2 Å². The van der Waals surface area contributed by atoms with Gasteiger partial charge in [-0.05, 0) is 50.5 Å². The Morgan fingerprint density at radius 2 is 1.88 bits per heavy atom. The van der Waals surface area contributed by atoms with Crippen LogP contribution in [-0.4, -0.2) is 31.3 Å². The number of carbonyl (C=O) groups is 1. The minimum Gasteiger partial charge on any atom is -0.490 e. The third-order valence-electron chi connectivity index (χ3n) is 5.10. The summed E-state index contributed by atoms with van der Waals surface area (Å²) in [5.74, 6) is 1.01. The Morgan fingerprint density at radius 1 is 1.20 bits per heavy atom. The molecule has 0 spiro atoms. The van der Waals surface area contributed by atoms with Crippen LogP contribution in [0.5, 0.6) is 5.75 Å². The Balaban J connectivity index is 0.00000225. The summed E-state index contributed by atoms with van der Waals surface area (Å²) in [5.41, 5.74) is 7.14. The predicted molar refractivity (Wildman–Crippen MR) is 99.9 cm³/mol.